The molecule has 0 bridgehead atoms. The number of benzene rings is 2. The minimum atomic E-state index is -0.247. The van der Waals surface area contributed by atoms with Gasteiger partial charge in [-0.2, -0.15) is 0 Å². The number of carbonyl (C=O) groups excluding carboxylic acids is 2. The molecule has 0 unspecified atom stereocenters. The van der Waals surface area contributed by atoms with Gasteiger partial charge in [-0.15, -0.1) is 0 Å². The van der Waals surface area contributed by atoms with Crippen LogP contribution in [0.15, 0.2) is 42.5 Å². The third-order valence-electron chi connectivity index (χ3n) is 3.64. The third kappa shape index (κ3) is 4.97. The highest BCUT2D eigenvalue weighted by Gasteiger charge is 2.11. The summed E-state index contributed by atoms with van der Waals surface area (Å²) in [5, 5.41) is 2.75. The summed E-state index contributed by atoms with van der Waals surface area (Å²) < 4.78 is 15.4. The van der Waals surface area contributed by atoms with Crippen molar-refractivity contribution in [2.45, 2.75) is 12.8 Å². The third-order valence-corrected chi connectivity index (χ3v) is 3.64. The molecule has 0 aliphatic heterocycles. The molecule has 0 saturated carbocycles. The van der Waals surface area contributed by atoms with E-state index >= 15 is 0 Å². The minimum absolute atomic E-state index is 0.0877. The van der Waals surface area contributed by atoms with E-state index in [9.17, 15) is 9.59 Å². The largest absolute Gasteiger partial charge is 0.497 e. The van der Waals surface area contributed by atoms with Crippen LogP contribution in [0.3, 0.4) is 0 Å². The number of Topliss-reactive ketones (excluding diaryl/α,β-unsaturated/α-hetero) is 1. The van der Waals surface area contributed by atoms with Crippen molar-refractivity contribution in [3.8, 4) is 17.2 Å². The average molecular weight is 343 g/mol. The molecule has 2 aromatic carbocycles. The van der Waals surface area contributed by atoms with Gasteiger partial charge in [0.2, 0.25) is 5.91 Å². The van der Waals surface area contributed by atoms with Crippen molar-refractivity contribution in [1.82, 2.24) is 0 Å². The molecule has 6 nitrogen and oxygen atoms in total. The second kappa shape index (κ2) is 8.73. The predicted octanol–water partition coefficient (Wildman–Crippen LogP) is 3.31. The maximum absolute atomic E-state index is 12.2. The molecule has 6 heteroatoms. The van der Waals surface area contributed by atoms with E-state index < -0.39 is 0 Å². The fourth-order valence-corrected chi connectivity index (χ4v) is 2.31. The normalized spacial score (nSPS) is 10.0. The fraction of sp³-hybridized carbons (Fsp3) is 0.263. The van der Waals surface area contributed by atoms with Gasteiger partial charge in [0.05, 0.1) is 21.3 Å². The highest BCUT2D eigenvalue weighted by molar-refractivity contribution is 6.00. The first-order valence-electron chi connectivity index (χ1n) is 7.76. The second-order valence-corrected chi connectivity index (χ2v) is 5.27. The molecule has 25 heavy (non-hydrogen) atoms. The number of nitrogens with one attached hydrogen (secondary N) is 1. The average Bonchev–Trinajstić information content (AvgIpc) is 2.65. The summed E-state index contributed by atoms with van der Waals surface area (Å²) in [4.78, 5) is 24.2. The molecule has 0 fully saturated rings. The number of methoxy groups -OCH3 is 3. The zero-order chi connectivity index (χ0) is 18.2. The Morgan fingerprint density at radius 1 is 0.880 bits per heavy atom. The van der Waals surface area contributed by atoms with Crippen molar-refractivity contribution in [2.24, 2.45) is 0 Å². The lowest BCUT2D eigenvalue weighted by Gasteiger charge is -2.10. The quantitative estimate of drug-likeness (QED) is 0.744. The molecule has 0 aliphatic carbocycles. The first-order chi connectivity index (χ1) is 12.1. The van der Waals surface area contributed by atoms with E-state index in [2.05, 4.69) is 5.32 Å². The van der Waals surface area contributed by atoms with Crippen LogP contribution in [0.1, 0.15) is 23.2 Å². The van der Waals surface area contributed by atoms with Crippen LogP contribution < -0.4 is 19.5 Å². The summed E-state index contributed by atoms with van der Waals surface area (Å²) in [5.41, 5.74) is 1.11. The predicted molar refractivity (Wildman–Crippen MR) is 94.7 cm³/mol. The van der Waals surface area contributed by atoms with Crippen LogP contribution >= 0.6 is 0 Å². The van der Waals surface area contributed by atoms with Crippen molar-refractivity contribution in [3.63, 3.8) is 0 Å². The van der Waals surface area contributed by atoms with E-state index in [4.69, 9.17) is 14.2 Å². The fourth-order valence-electron chi connectivity index (χ4n) is 2.31. The van der Waals surface area contributed by atoms with Crippen LogP contribution in [0, 0.1) is 0 Å². The van der Waals surface area contributed by atoms with Gasteiger partial charge in [0, 0.05) is 30.2 Å². The molecular formula is C19H21NO5. The molecule has 132 valence electrons. The first-order valence-corrected chi connectivity index (χ1v) is 7.76. The van der Waals surface area contributed by atoms with Crippen LogP contribution in [0.5, 0.6) is 17.2 Å². The van der Waals surface area contributed by atoms with Crippen LogP contribution in [-0.4, -0.2) is 33.0 Å². The van der Waals surface area contributed by atoms with Gasteiger partial charge < -0.3 is 19.5 Å². The van der Waals surface area contributed by atoms with E-state index in [0.717, 1.165) is 0 Å². The van der Waals surface area contributed by atoms with E-state index in [1.807, 2.05) is 0 Å². The number of hydrogen-bond acceptors (Lipinski definition) is 5. The summed E-state index contributed by atoms with van der Waals surface area (Å²) >= 11 is 0. The van der Waals surface area contributed by atoms with Crippen molar-refractivity contribution in [3.05, 3.63) is 48.0 Å². The molecule has 1 amide bonds. The molecule has 0 aliphatic rings. The molecule has 0 heterocycles. The van der Waals surface area contributed by atoms with Crippen molar-refractivity contribution < 1.29 is 23.8 Å². The maximum Gasteiger partial charge on any atom is 0.224 e. The van der Waals surface area contributed by atoms with Crippen molar-refractivity contribution in [2.75, 3.05) is 26.6 Å². The number of ether oxygens (including phenoxy) is 3. The Morgan fingerprint density at radius 2 is 1.64 bits per heavy atom. The van der Waals surface area contributed by atoms with Crippen molar-refractivity contribution >= 4 is 17.4 Å². The standard InChI is InChI=1S/C19H21NO5/c1-23-15-6-4-5-13(11-15)16(21)8-10-19(22)20-14-7-9-17(24-2)18(12-14)25-3/h4-7,9,11-12H,8,10H2,1-3H3,(H,20,22). The van der Waals surface area contributed by atoms with Gasteiger partial charge in [0.1, 0.15) is 5.75 Å². The molecule has 0 saturated heterocycles. The van der Waals surface area contributed by atoms with Crippen molar-refractivity contribution in [1.29, 1.82) is 0 Å². The van der Waals surface area contributed by atoms with E-state index in [0.29, 0.717) is 28.5 Å². The molecule has 1 N–H and O–H groups in total. The van der Waals surface area contributed by atoms with Crippen LogP contribution in [0.4, 0.5) is 5.69 Å². The first kappa shape index (κ1) is 18.3. The number of anilines is 1. The number of rotatable bonds is 8. The highest BCUT2D eigenvalue weighted by atomic mass is 16.5. The minimum Gasteiger partial charge on any atom is -0.497 e. The van der Waals surface area contributed by atoms with E-state index in [-0.39, 0.29) is 24.5 Å². The Bertz CT molecular complexity index is 757. The Kier molecular flexibility index (Phi) is 6.39. The van der Waals surface area contributed by atoms with Crippen LogP contribution in [0.25, 0.3) is 0 Å². The summed E-state index contributed by atoms with van der Waals surface area (Å²) in [6.45, 7) is 0. The summed E-state index contributed by atoms with van der Waals surface area (Å²) in [7, 11) is 4.61. The second-order valence-electron chi connectivity index (χ2n) is 5.27. The summed E-state index contributed by atoms with van der Waals surface area (Å²) in [6, 6.07) is 12.0. The van der Waals surface area contributed by atoms with Crippen LogP contribution in [-0.2, 0) is 4.79 Å². The van der Waals surface area contributed by atoms with Gasteiger partial charge in [0.25, 0.3) is 0 Å². The smallest absolute Gasteiger partial charge is 0.224 e. The molecule has 2 rings (SSSR count). The maximum atomic E-state index is 12.2. The van der Waals surface area contributed by atoms with Crippen LogP contribution in [0.2, 0.25) is 0 Å². The zero-order valence-corrected chi connectivity index (χ0v) is 14.5. The van der Waals surface area contributed by atoms with Gasteiger partial charge in [-0.25, -0.2) is 0 Å². The molecule has 0 radical (unpaired) electrons. The number of hydrogen-bond donors (Lipinski definition) is 1. The van der Waals surface area contributed by atoms with Gasteiger partial charge in [-0.3, -0.25) is 9.59 Å². The van der Waals surface area contributed by atoms with Gasteiger partial charge in [-0.05, 0) is 24.3 Å². The van der Waals surface area contributed by atoms with E-state index in [1.54, 1.807) is 56.7 Å². The Balaban J connectivity index is 1.93. The molecule has 2 aromatic rings. The van der Waals surface area contributed by atoms with E-state index in [1.165, 1.54) is 7.11 Å². The topological polar surface area (TPSA) is 73.9 Å². The summed E-state index contributed by atoms with van der Waals surface area (Å²) in [5.74, 6) is 1.35. The molecular weight excluding hydrogens is 322 g/mol. The number of carbonyl (C=O) groups is 2. The SMILES string of the molecule is COc1cccc(C(=O)CCC(=O)Nc2ccc(OC)c(OC)c2)c1. The molecule has 0 aromatic heterocycles. The molecule has 0 spiro atoms. The molecule has 0 atom stereocenters. The lowest BCUT2D eigenvalue weighted by Crippen LogP contribution is -2.13. The lowest BCUT2D eigenvalue weighted by atomic mass is 10.1. The van der Waals surface area contributed by atoms with Gasteiger partial charge >= 0.3 is 0 Å². The number of amides is 1. The summed E-state index contributed by atoms with van der Waals surface area (Å²) in [6.07, 6.45) is 0.205. The zero-order valence-electron chi connectivity index (χ0n) is 14.5. The Morgan fingerprint density at radius 3 is 2.32 bits per heavy atom. The van der Waals surface area contributed by atoms with Gasteiger partial charge in [0.15, 0.2) is 17.3 Å². The monoisotopic (exact) mass is 343 g/mol. The Labute approximate surface area is 146 Å². The highest BCUT2D eigenvalue weighted by Crippen LogP contribution is 2.29. The number of ketones is 1. The lowest BCUT2D eigenvalue weighted by molar-refractivity contribution is -0.116. The Hall–Kier alpha value is -3.02. The van der Waals surface area contributed by atoms with Gasteiger partial charge in [-0.1, -0.05) is 12.1 Å².